The van der Waals surface area contributed by atoms with Crippen LogP contribution in [0.25, 0.3) is 0 Å². The number of rotatable bonds is 5. The summed E-state index contributed by atoms with van der Waals surface area (Å²) < 4.78 is 22.4. The lowest BCUT2D eigenvalue weighted by atomic mass is 10.2. The lowest BCUT2D eigenvalue weighted by Gasteiger charge is -2.10. The molecular weight excluding hydrogens is 257 g/mol. The number of amides is 1. The van der Waals surface area contributed by atoms with E-state index in [0.717, 1.165) is 13.2 Å². The maximum atomic E-state index is 13.4. The Morgan fingerprint density at radius 2 is 2.11 bits per heavy atom. The Bertz CT molecular complexity index is 477. The summed E-state index contributed by atoms with van der Waals surface area (Å²) in [5.74, 6) is -2.14. The minimum absolute atomic E-state index is 0.0196. The first-order valence-electron chi connectivity index (χ1n) is 5.37. The number of carbonyl (C=O) groups is 2. The lowest BCUT2D eigenvalue weighted by molar-refractivity contribution is -0.149. The molecule has 0 fully saturated rings. The molecule has 0 saturated heterocycles. The van der Waals surface area contributed by atoms with E-state index in [1.54, 1.807) is 0 Å². The molecule has 1 rings (SSSR count). The molecule has 1 aromatic rings. The highest BCUT2D eigenvalue weighted by Crippen LogP contribution is 2.17. The Balaban J connectivity index is 2.64. The normalized spacial score (nSPS) is 11.6. The van der Waals surface area contributed by atoms with Crippen LogP contribution in [0.4, 0.5) is 4.39 Å². The van der Waals surface area contributed by atoms with Crippen LogP contribution in [0.3, 0.4) is 0 Å². The van der Waals surface area contributed by atoms with Gasteiger partial charge in [0.05, 0.1) is 20.8 Å². The Kier molecular flexibility index (Phi) is 5.25. The van der Waals surface area contributed by atoms with Crippen LogP contribution >= 0.6 is 0 Å². The predicted molar refractivity (Wildman–Crippen MR) is 63.3 cm³/mol. The van der Waals surface area contributed by atoms with Gasteiger partial charge in [-0.25, -0.2) is 9.18 Å². The number of methoxy groups -OCH3 is 2. The van der Waals surface area contributed by atoms with Crippen molar-refractivity contribution in [2.24, 2.45) is 0 Å². The van der Waals surface area contributed by atoms with Gasteiger partial charge in [-0.3, -0.25) is 4.79 Å². The monoisotopic (exact) mass is 271 g/mol. The van der Waals surface area contributed by atoms with Gasteiger partial charge < -0.3 is 19.9 Å². The summed E-state index contributed by atoms with van der Waals surface area (Å²) in [6.07, 6.45) is -1.46. The number of carbonyl (C=O) groups excluding carboxylic acids is 2. The number of benzene rings is 1. The van der Waals surface area contributed by atoms with Crippen molar-refractivity contribution in [3.63, 3.8) is 0 Å². The summed E-state index contributed by atoms with van der Waals surface area (Å²) in [7, 11) is 2.43. The molecular formula is C12H14FNO5. The number of hydrogen-bond donors (Lipinski definition) is 2. The van der Waals surface area contributed by atoms with Crippen molar-refractivity contribution in [2.75, 3.05) is 20.8 Å². The summed E-state index contributed by atoms with van der Waals surface area (Å²) >= 11 is 0. The van der Waals surface area contributed by atoms with Gasteiger partial charge >= 0.3 is 5.97 Å². The molecule has 2 N–H and O–H groups in total. The van der Waals surface area contributed by atoms with Gasteiger partial charge in [-0.15, -0.1) is 0 Å². The SMILES string of the molecule is COC(=O)C(O)CNC(=O)c1ccc(OC)c(F)c1. The van der Waals surface area contributed by atoms with Gasteiger partial charge in [0.25, 0.3) is 5.91 Å². The highest BCUT2D eigenvalue weighted by Gasteiger charge is 2.17. The Morgan fingerprint density at radius 3 is 2.63 bits per heavy atom. The van der Waals surface area contributed by atoms with E-state index in [4.69, 9.17) is 4.74 Å². The summed E-state index contributed by atoms with van der Waals surface area (Å²) in [5.41, 5.74) is 0.0513. The number of ether oxygens (including phenoxy) is 2. The first-order chi connectivity index (χ1) is 8.99. The number of hydrogen-bond acceptors (Lipinski definition) is 5. The standard InChI is InChI=1S/C12H14FNO5/c1-18-10-4-3-7(5-8(10)13)11(16)14-6-9(15)12(17)19-2/h3-5,9,15H,6H2,1-2H3,(H,14,16). The first-order valence-corrected chi connectivity index (χ1v) is 5.37. The molecule has 0 aromatic heterocycles. The fraction of sp³-hybridized carbons (Fsp3) is 0.333. The average Bonchev–Trinajstić information content (AvgIpc) is 2.43. The molecule has 0 spiro atoms. The number of nitrogens with one attached hydrogen (secondary N) is 1. The molecule has 1 aromatic carbocycles. The van der Waals surface area contributed by atoms with Crippen molar-refractivity contribution in [2.45, 2.75) is 6.10 Å². The third-order valence-corrected chi connectivity index (χ3v) is 2.34. The van der Waals surface area contributed by atoms with Gasteiger partial charge in [0.2, 0.25) is 0 Å². The molecule has 0 aliphatic carbocycles. The molecule has 104 valence electrons. The van der Waals surface area contributed by atoms with Crippen LogP contribution < -0.4 is 10.1 Å². The molecule has 0 heterocycles. The number of halogens is 1. The Hall–Kier alpha value is -2.15. The molecule has 1 unspecified atom stereocenters. The maximum absolute atomic E-state index is 13.4. The van der Waals surface area contributed by atoms with Crippen LogP contribution in [0, 0.1) is 5.82 Å². The van der Waals surface area contributed by atoms with Gasteiger partial charge in [0.1, 0.15) is 0 Å². The predicted octanol–water partition coefficient (Wildman–Crippen LogP) is 0.0980. The summed E-state index contributed by atoms with van der Waals surface area (Å²) in [6, 6.07) is 3.67. The van der Waals surface area contributed by atoms with Crippen LogP contribution in [-0.2, 0) is 9.53 Å². The Labute approximate surface area is 109 Å². The largest absolute Gasteiger partial charge is 0.494 e. The van der Waals surface area contributed by atoms with Gasteiger partial charge in [-0.05, 0) is 18.2 Å². The highest BCUT2D eigenvalue weighted by atomic mass is 19.1. The topological polar surface area (TPSA) is 84.9 Å². The number of aliphatic hydroxyl groups excluding tert-OH is 1. The van der Waals surface area contributed by atoms with Gasteiger partial charge in [0, 0.05) is 5.56 Å². The molecule has 0 aliphatic rings. The molecule has 0 aliphatic heterocycles. The average molecular weight is 271 g/mol. The molecule has 1 amide bonds. The number of aliphatic hydroxyl groups is 1. The minimum atomic E-state index is -1.46. The fourth-order valence-electron chi connectivity index (χ4n) is 1.32. The van der Waals surface area contributed by atoms with Crippen molar-refractivity contribution >= 4 is 11.9 Å². The quantitative estimate of drug-likeness (QED) is 0.742. The molecule has 0 radical (unpaired) electrons. The van der Waals surface area contributed by atoms with Crippen LogP contribution in [0.2, 0.25) is 0 Å². The zero-order valence-electron chi connectivity index (χ0n) is 10.5. The summed E-state index contributed by atoms with van der Waals surface area (Å²) in [4.78, 5) is 22.5. The molecule has 6 nitrogen and oxygen atoms in total. The minimum Gasteiger partial charge on any atom is -0.494 e. The van der Waals surface area contributed by atoms with E-state index in [0.29, 0.717) is 0 Å². The van der Waals surface area contributed by atoms with E-state index < -0.39 is 23.8 Å². The highest BCUT2D eigenvalue weighted by molar-refractivity contribution is 5.94. The smallest absolute Gasteiger partial charge is 0.336 e. The van der Waals surface area contributed by atoms with E-state index in [2.05, 4.69) is 10.1 Å². The van der Waals surface area contributed by atoms with Crippen molar-refractivity contribution in [3.05, 3.63) is 29.6 Å². The van der Waals surface area contributed by atoms with Crippen molar-refractivity contribution in [1.82, 2.24) is 5.32 Å². The van der Waals surface area contributed by atoms with E-state index in [-0.39, 0.29) is 17.9 Å². The number of esters is 1. The molecule has 19 heavy (non-hydrogen) atoms. The summed E-state index contributed by atoms with van der Waals surface area (Å²) in [5, 5.41) is 11.5. The van der Waals surface area contributed by atoms with Crippen molar-refractivity contribution in [3.8, 4) is 5.75 Å². The second-order valence-electron chi connectivity index (χ2n) is 3.60. The fourth-order valence-corrected chi connectivity index (χ4v) is 1.32. The van der Waals surface area contributed by atoms with Crippen molar-refractivity contribution in [1.29, 1.82) is 0 Å². The van der Waals surface area contributed by atoms with E-state index in [9.17, 15) is 19.1 Å². The molecule has 7 heteroatoms. The van der Waals surface area contributed by atoms with Crippen LogP contribution in [-0.4, -0.2) is 43.9 Å². The van der Waals surface area contributed by atoms with Crippen LogP contribution in [0.1, 0.15) is 10.4 Å². The zero-order valence-corrected chi connectivity index (χ0v) is 10.5. The zero-order chi connectivity index (χ0) is 14.4. The third-order valence-electron chi connectivity index (χ3n) is 2.34. The molecule has 0 saturated carbocycles. The van der Waals surface area contributed by atoms with Crippen molar-refractivity contribution < 1.29 is 28.6 Å². The maximum Gasteiger partial charge on any atom is 0.336 e. The van der Waals surface area contributed by atoms with Crippen LogP contribution in [0.15, 0.2) is 18.2 Å². The van der Waals surface area contributed by atoms with E-state index >= 15 is 0 Å². The lowest BCUT2D eigenvalue weighted by Crippen LogP contribution is -2.37. The third kappa shape index (κ3) is 3.92. The van der Waals surface area contributed by atoms with Gasteiger partial charge in [-0.2, -0.15) is 0 Å². The van der Waals surface area contributed by atoms with Crippen LogP contribution in [0.5, 0.6) is 5.75 Å². The first kappa shape index (κ1) is 14.9. The Morgan fingerprint density at radius 1 is 1.42 bits per heavy atom. The van der Waals surface area contributed by atoms with Gasteiger partial charge in [0.15, 0.2) is 17.7 Å². The second kappa shape index (κ2) is 6.69. The second-order valence-corrected chi connectivity index (χ2v) is 3.60. The van der Waals surface area contributed by atoms with Gasteiger partial charge in [-0.1, -0.05) is 0 Å². The van der Waals surface area contributed by atoms with E-state index in [1.807, 2.05) is 0 Å². The van der Waals surface area contributed by atoms with E-state index in [1.165, 1.54) is 19.2 Å². The summed E-state index contributed by atoms with van der Waals surface area (Å²) in [6.45, 7) is -0.320. The molecule has 1 atom stereocenters. The molecule has 0 bridgehead atoms.